The highest BCUT2D eigenvalue weighted by Gasteiger charge is 2.53. The summed E-state index contributed by atoms with van der Waals surface area (Å²) in [7, 11) is 5.92. The first-order chi connectivity index (χ1) is 36.2. The van der Waals surface area contributed by atoms with Crippen LogP contribution in [0, 0.1) is 0 Å². The standard InChI is InChI=1S/C58H53N7O10/c1-33(66)70-32-50-55(71-34(2)67)56(72-35(3)68)57(73-36(4)69)58(75-50)74-49-11-9-8-10-40(49)54-47-18-16-45(61-47)52(38-22-28-64(6)29-23-38)43-14-12-41(59-43)51(37-20-26-63(5)27-21-37)42-13-15-44(60-42)53(46-17-19-48(54)62-46)39-24-30-65(7)31-25-39/h8-31,50,55-58H,32H2,1-7H3,(H,59,60,61,62)/q+2/p+1/t50-,55-,56+,57-,58-/m1/s1. The van der Waals surface area contributed by atoms with Gasteiger partial charge >= 0.3 is 23.9 Å². The van der Waals surface area contributed by atoms with E-state index in [4.69, 9.17) is 38.4 Å². The number of ether oxygens (including phenoxy) is 6. The summed E-state index contributed by atoms with van der Waals surface area (Å²) in [4.78, 5) is 68.7. The molecule has 1 fully saturated rings. The number of carbonyl (C=O) groups is 4. The van der Waals surface area contributed by atoms with Gasteiger partial charge in [0.2, 0.25) is 12.4 Å². The average molecular weight is 1010 g/mol. The first kappa shape index (κ1) is 49.5. The maximum Gasteiger partial charge on any atom is 0.303 e. The minimum Gasteiger partial charge on any atom is -0.463 e. The van der Waals surface area contributed by atoms with Crippen molar-refractivity contribution >= 4 is 70.2 Å². The van der Waals surface area contributed by atoms with Crippen molar-refractivity contribution in [1.82, 2.24) is 19.9 Å². The van der Waals surface area contributed by atoms with Crippen LogP contribution in [0.1, 0.15) is 50.5 Å². The molecule has 0 aliphatic carbocycles. The molecule has 0 amide bonds. The molecule has 3 aliphatic heterocycles. The number of hydrogen-bond donors (Lipinski definition) is 2. The number of nitrogens with zero attached hydrogens (tertiary/aromatic N) is 5. The van der Waals surface area contributed by atoms with Crippen molar-refractivity contribution in [2.45, 2.75) is 58.4 Å². The molecule has 0 radical (unpaired) electrons. The van der Waals surface area contributed by atoms with Crippen molar-refractivity contribution in [2.75, 3.05) is 6.61 Å². The van der Waals surface area contributed by atoms with Crippen molar-refractivity contribution in [2.24, 2.45) is 21.1 Å². The predicted octanol–water partition coefficient (Wildman–Crippen LogP) is 7.26. The van der Waals surface area contributed by atoms with Gasteiger partial charge in [0.15, 0.2) is 49.4 Å². The second-order valence-electron chi connectivity index (χ2n) is 18.4. The van der Waals surface area contributed by atoms with Crippen LogP contribution in [0.15, 0.2) is 122 Å². The van der Waals surface area contributed by atoms with E-state index in [0.29, 0.717) is 28.0 Å². The van der Waals surface area contributed by atoms with E-state index in [1.165, 1.54) is 27.7 Å². The van der Waals surface area contributed by atoms with Crippen molar-refractivity contribution in [3.63, 3.8) is 0 Å². The quantitative estimate of drug-likeness (QED) is 0.0750. The van der Waals surface area contributed by atoms with E-state index in [9.17, 15) is 19.2 Å². The number of benzene rings is 1. The van der Waals surface area contributed by atoms with Gasteiger partial charge in [0.1, 0.15) is 39.6 Å². The Morgan fingerprint density at radius 1 is 0.493 bits per heavy atom. The molecule has 1 aromatic carbocycles. The molecule has 8 bridgehead atoms. The van der Waals surface area contributed by atoms with E-state index in [0.717, 1.165) is 61.3 Å². The summed E-state index contributed by atoms with van der Waals surface area (Å²) in [5.74, 6) is -2.67. The summed E-state index contributed by atoms with van der Waals surface area (Å²) in [5.41, 5.74) is 12.4. The minimum atomic E-state index is -1.51. The molecule has 0 spiro atoms. The van der Waals surface area contributed by atoms with Gasteiger partial charge in [-0.3, -0.25) is 19.2 Å². The largest absolute Gasteiger partial charge is 0.463 e. The van der Waals surface area contributed by atoms with Crippen molar-refractivity contribution in [1.29, 1.82) is 0 Å². The summed E-state index contributed by atoms with van der Waals surface area (Å²) in [6.45, 7) is 4.30. The Morgan fingerprint density at radius 3 is 1.31 bits per heavy atom. The molecule has 2 N–H and O–H groups in total. The van der Waals surface area contributed by atoms with Gasteiger partial charge in [-0.25, -0.2) is 23.7 Å². The number of pyridine rings is 3. The van der Waals surface area contributed by atoms with Gasteiger partial charge in [0.25, 0.3) is 0 Å². The summed E-state index contributed by atoms with van der Waals surface area (Å²) in [6, 6.07) is 27.7. The number of fused-ring (bicyclic) bond motifs is 8. The van der Waals surface area contributed by atoms with Crippen molar-refractivity contribution < 1.29 is 61.3 Å². The summed E-state index contributed by atoms with van der Waals surface area (Å²) in [5, 5.41) is 0. The number of H-pyrrole nitrogens is 2. The molecule has 378 valence electrons. The zero-order valence-corrected chi connectivity index (χ0v) is 42.3. The Morgan fingerprint density at radius 2 is 0.880 bits per heavy atom. The van der Waals surface area contributed by atoms with Crippen LogP contribution in [-0.4, -0.2) is 81.1 Å². The monoisotopic (exact) mass is 1010 g/mol. The highest BCUT2D eigenvalue weighted by Crippen LogP contribution is 2.42. The maximum atomic E-state index is 12.9. The number of aryl methyl sites for hydroxylation is 3. The zero-order chi connectivity index (χ0) is 52.5. The fourth-order valence-electron chi connectivity index (χ4n) is 9.59. The van der Waals surface area contributed by atoms with Crippen LogP contribution in [0.5, 0.6) is 5.75 Å². The molecule has 6 aromatic heterocycles. The summed E-state index contributed by atoms with van der Waals surface area (Å²) < 4.78 is 41.8. The van der Waals surface area contributed by atoms with Crippen LogP contribution in [0.25, 0.3) is 90.9 Å². The molecular formula is C58H54N7O10+3. The number of aromatic amines is 2. The average Bonchev–Trinajstić information content (AvgIpc) is 4.25. The van der Waals surface area contributed by atoms with Gasteiger partial charge < -0.3 is 38.4 Å². The first-order valence-electron chi connectivity index (χ1n) is 24.3. The number of rotatable bonds is 11. The second kappa shape index (κ2) is 20.8. The lowest BCUT2D eigenvalue weighted by Crippen LogP contribution is -2.63. The topological polar surface area (TPSA) is 193 Å². The smallest absolute Gasteiger partial charge is 0.303 e. The van der Waals surface area contributed by atoms with E-state index >= 15 is 0 Å². The Hall–Kier alpha value is -9.09. The Bertz CT molecular complexity index is 3580. The number of hydrogen-bond acceptors (Lipinski definition) is 12. The normalized spacial score (nSPS) is 17.8. The van der Waals surface area contributed by atoms with Crippen LogP contribution in [0.4, 0.5) is 0 Å². The lowest BCUT2D eigenvalue weighted by atomic mass is 9.97. The van der Waals surface area contributed by atoms with Gasteiger partial charge in [-0.2, -0.15) is 0 Å². The zero-order valence-electron chi connectivity index (χ0n) is 42.3. The van der Waals surface area contributed by atoms with Crippen LogP contribution < -0.4 is 18.4 Å². The molecule has 0 unspecified atom stereocenters. The molecule has 17 nitrogen and oxygen atoms in total. The van der Waals surface area contributed by atoms with E-state index in [1.54, 1.807) is 12.1 Å². The van der Waals surface area contributed by atoms with E-state index in [-0.39, 0.29) is 5.75 Å². The van der Waals surface area contributed by atoms with Gasteiger partial charge in [-0.1, -0.05) is 18.2 Å². The van der Waals surface area contributed by atoms with Gasteiger partial charge in [-0.05, 0) is 71.3 Å². The van der Waals surface area contributed by atoms with E-state index < -0.39 is 61.2 Å². The molecule has 5 atom stereocenters. The number of esters is 4. The Kier molecular flexibility index (Phi) is 13.7. The summed E-state index contributed by atoms with van der Waals surface area (Å²) >= 11 is 0. The van der Waals surface area contributed by atoms with Crippen molar-refractivity contribution in [3.05, 3.63) is 145 Å². The Labute approximate surface area is 431 Å². The highest BCUT2D eigenvalue weighted by atomic mass is 16.7. The SMILES string of the molecule is CC(=O)OC[C@H]1O[C@@H](Oc2ccccc2-c2c3nc(c(-c4cc[n+](C)cc4)c4ccc([nH]4)c(-c4cc[n+](C)cc4)c4nc(c(-c5cc[n+](C)cc5)c5ccc2[nH]5)C=C4)C=C3)[C@H](OC(C)=O)[C@@H](OC(C)=O)[C@@H]1OC(C)=O. The lowest BCUT2D eigenvalue weighted by Gasteiger charge is -2.44. The molecule has 17 heteroatoms. The number of aromatic nitrogens is 7. The molecule has 75 heavy (non-hydrogen) atoms. The summed E-state index contributed by atoms with van der Waals surface area (Å²) in [6.07, 6.45) is 13.0. The molecule has 3 aliphatic rings. The number of para-hydroxylation sites is 1. The van der Waals surface area contributed by atoms with Gasteiger partial charge in [0, 0.05) is 114 Å². The lowest BCUT2D eigenvalue weighted by molar-refractivity contribution is -0.671. The van der Waals surface area contributed by atoms with Crippen LogP contribution in [0.2, 0.25) is 0 Å². The fourth-order valence-corrected chi connectivity index (χ4v) is 9.59. The second-order valence-corrected chi connectivity index (χ2v) is 18.4. The maximum absolute atomic E-state index is 12.9. The molecule has 9 heterocycles. The van der Waals surface area contributed by atoms with E-state index in [1.807, 2.05) is 121 Å². The molecule has 10 rings (SSSR count). The van der Waals surface area contributed by atoms with Crippen LogP contribution in [0.3, 0.4) is 0 Å². The molecule has 7 aromatic rings. The van der Waals surface area contributed by atoms with Gasteiger partial charge in [-0.15, -0.1) is 0 Å². The van der Waals surface area contributed by atoms with Crippen molar-refractivity contribution in [3.8, 4) is 50.3 Å². The third-order valence-electron chi connectivity index (χ3n) is 12.9. The van der Waals surface area contributed by atoms with Gasteiger partial charge in [0.05, 0.1) is 22.8 Å². The highest BCUT2D eigenvalue weighted by molar-refractivity contribution is 6.00. The number of carbonyl (C=O) groups excluding carboxylic acids is 4. The molecule has 0 saturated carbocycles. The third kappa shape index (κ3) is 10.4. The van der Waals surface area contributed by atoms with E-state index in [2.05, 4.69) is 58.5 Å². The minimum absolute atomic E-state index is 0.247. The molecule has 1 saturated heterocycles. The number of nitrogens with one attached hydrogen (secondary N) is 2. The van der Waals surface area contributed by atoms with Crippen LogP contribution in [-0.2, 0) is 64.0 Å². The molecular weight excluding hydrogens is 955 g/mol. The van der Waals surface area contributed by atoms with Crippen LogP contribution >= 0.6 is 0 Å². The Balaban J connectivity index is 1.25. The fraction of sp³-hybridized carbons (Fsp3) is 0.224. The first-order valence-corrected chi connectivity index (χ1v) is 24.3. The predicted molar refractivity (Wildman–Crippen MR) is 277 cm³/mol. The third-order valence-corrected chi connectivity index (χ3v) is 12.9.